The predicted molar refractivity (Wildman–Crippen MR) is 89.7 cm³/mol. The second-order valence-electron chi connectivity index (χ2n) is 3.65. The summed E-state index contributed by atoms with van der Waals surface area (Å²) in [6.07, 6.45) is 0. The van der Waals surface area contributed by atoms with Gasteiger partial charge >= 0.3 is 0 Å². The van der Waals surface area contributed by atoms with Crippen molar-refractivity contribution in [3.05, 3.63) is 54.0 Å². The van der Waals surface area contributed by atoms with Crippen LogP contribution in [-0.4, -0.2) is 0 Å². The second kappa shape index (κ2) is 7.63. The van der Waals surface area contributed by atoms with Crippen LogP contribution in [0.3, 0.4) is 0 Å². The molecule has 4 N–H and O–H groups in total. The summed E-state index contributed by atoms with van der Waals surface area (Å²) in [4.78, 5) is 0. The molecule has 0 spiro atoms. The van der Waals surface area contributed by atoms with Crippen molar-refractivity contribution in [2.24, 2.45) is 0 Å². The van der Waals surface area contributed by atoms with Crippen LogP contribution >= 0.6 is 54.5 Å². The molecule has 0 amide bonds. The van der Waals surface area contributed by atoms with E-state index >= 15 is 0 Å². The van der Waals surface area contributed by atoms with Gasteiger partial charge < -0.3 is 11.5 Å². The quantitative estimate of drug-likeness (QED) is 0.158. The zero-order valence-electron chi connectivity index (χ0n) is 10.0. The molecule has 0 radical (unpaired) electrons. The third-order valence-corrected chi connectivity index (χ3v) is 4.30. The fraction of sp³-hybridized carbons (Fsp3) is 0. The predicted octanol–water partition coefficient (Wildman–Crippen LogP) is 5.22. The molecule has 9 heteroatoms. The molecule has 2 nitrogen and oxygen atoms in total. The van der Waals surface area contributed by atoms with Crippen LogP contribution in [0.2, 0.25) is 0 Å². The standard InChI is InChI=1S/C6H3BrF2IN.C6H4BrF2N/c7-2-1-3(10)6(11)5(9)4(2)8;7-3-1-2-4(10)6(9)5(3)8/h1H,11H2;1-2H,10H2. The van der Waals surface area contributed by atoms with Crippen molar-refractivity contribution in [1.29, 1.82) is 0 Å². The number of hydrogen-bond donors (Lipinski definition) is 2. The molecule has 0 atom stereocenters. The minimum absolute atomic E-state index is 0.0826. The van der Waals surface area contributed by atoms with Gasteiger partial charge in [0.15, 0.2) is 23.3 Å². The summed E-state index contributed by atoms with van der Waals surface area (Å²) in [7, 11) is 0. The molecule has 0 aliphatic heterocycles. The number of rotatable bonds is 0. The van der Waals surface area contributed by atoms with Gasteiger partial charge in [0.05, 0.1) is 20.3 Å². The van der Waals surface area contributed by atoms with Crippen LogP contribution < -0.4 is 11.5 Å². The maximum Gasteiger partial charge on any atom is 0.183 e. The Morgan fingerprint density at radius 2 is 1.33 bits per heavy atom. The Morgan fingerprint density at radius 3 is 1.86 bits per heavy atom. The van der Waals surface area contributed by atoms with E-state index in [9.17, 15) is 17.6 Å². The van der Waals surface area contributed by atoms with Crippen molar-refractivity contribution in [2.75, 3.05) is 11.5 Å². The summed E-state index contributed by atoms with van der Waals surface area (Å²) in [6, 6.07) is 4.07. The molecule has 0 aliphatic rings. The van der Waals surface area contributed by atoms with Crippen molar-refractivity contribution in [3.8, 4) is 0 Å². The lowest BCUT2D eigenvalue weighted by Gasteiger charge is -2.02. The van der Waals surface area contributed by atoms with Crippen LogP contribution in [-0.2, 0) is 0 Å². The van der Waals surface area contributed by atoms with Gasteiger partial charge in [-0.05, 0) is 72.6 Å². The smallest absolute Gasteiger partial charge is 0.183 e. The average molecular weight is 542 g/mol. The third-order valence-electron chi connectivity index (χ3n) is 2.21. The lowest BCUT2D eigenvalue weighted by molar-refractivity contribution is 0.507. The Morgan fingerprint density at radius 1 is 0.810 bits per heavy atom. The number of halogens is 7. The number of hydrogen-bond acceptors (Lipinski definition) is 2. The fourth-order valence-electron chi connectivity index (χ4n) is 1.12. The van der Waals surface area contributed by atoms with Gasteiger partial charge in [-0.1, -0.05) is 0 Å². The Balaban J connectivity index is 0.000000211. The molecule has 0 saturated heterocycles. The van der Waals surface area contributed by atoms with E-state index in [1.807, 2.05) is 22.6 Å². The molecular weight excluding hydrogens is 535 g/mol. The van der Waals surface area contributed by atoms with Crippen molar-refractivity contribution in [2.45, 2.75) is 0 Å². The first-order valence-electron chi connectivity index (χ1n) is 5.14. The molecule has 0 fully saturated rings. The Labute approximate surface area is 148 Å². The van der Waals surface area contributed by atoms with Crippen molar-refractivity contribution in [1.82, 2.24) is 0 Å². The molecule has 0 aromatic heterocycles. The monoisotopic (exact) mass is 540 g/mol. The second-order valence-corrected chi connectivity index (χ2v) is 6.52. The topological polar surface area (TPSA) is 52.0 Å². The first-order chi connectivity index (χ1) is 9.66. The summed E-state index contributed by atoms with van der Waals surface area (Å²) in [5.41, 5.74) is 9.94. The van der Waals surface area contributed by atoms with Crippen molar-refractivity contribution >= 4 is 65.8 Å². The van der Waals surface area contributed by atoms with Crippen molar-refractivity contribution in [3.63, 3.8) is 0 Å². The average Bonchev–Trinajstić information content (AvgIpc) is 2.45. The highest BCUT2D eigenvalue weighted by molar-refractivity contribution is 14.1. The highest BCUT2D eigenvalue weighted by Gasteiger charge is 2.12. The molecule has 0 bridgehead atoms. The van der Waals surface area contributed by atoms with Gasteiger partial charge in [-0.25, -0.2) is 17.6 Å². The summed E-state index contributed by atoms with van der Waals surface area (Å²) in [5.74, 6) is -3.89. The Bertz CT molecular complexity index is 630. The first-order valence-corrected chi connectivity index (χ1v) is 7.80. The normalized spacial score (nSPS) is 10.0. The number of nitrogens with two attached hydrogens (primary N) is 2. The van der Waals surface area contributed by atoms with E-state index in [1.54, 1.807) is 0 Å². The van der Waals surface area contributed by atoms with Crippen LogP contribution in [0.4, 0.5) is 28.9 Å². The summed E-state index contributed by atoms with van der Waals surface area (Å²) in [5, 5.41) is 0. The molecular formula is C12H7Br2F4IN2. The van der Waals surface area contributed by atoms with Gasteiger partial charge in [0, 0.05) is 3.57 Å². The molecule has 0 saturated carbocycles. The van der Waals surface area contributed by atoms with Gasteiger partial charge in [-0.15, -0.1) is 0 Å². The Hall–Kier alpha value is -0.550. The molecule has 114 valence electrons. The van der Waals surface area contributed by atoms with E-state index < -0.39 is 23.3 Å². The summed E-state index contributed by atoms with van der Waals surface area (Å²) < 4.78 is 51.0. The van der Waals surface area contributed by atoms with E-state index in [-0.39, 0.29) is 20.3 Å². The molecule has 0 heterocycles. The number of benzene rings is 2. The largest absolute Gasteiger partial charge is 0.396 e. The van der Waals surface area contributed by atoms with Gasteiger partial charge in [0.25, 0.3) is 0 Å². The van der Waals surface area contributed by atoms with Crippen LogP contribution in [0.15, 0.2) is 27.1 Å². The van der Waals surface area contributed by atoms with Gasteiger partial charge in [-0.3, -0.25) is 0 Å². The lowest BCUT2D eigenvalue weighted by Crippen LogP contribution is -1.98. The molecule has 2 aromatic rings. The van der Waals surface area contributed by atoms with Gasteiger partial charge in [0.2, 0.25) is 0 Å². The van der Waals surface area contributed by atoms with E-state index in [1.165, 1.54) is 18.2 Å². The van der Waals surface area contributed by atoms with Crippen LogP contribution in [0, 0.1) is 26.8 Å². The highest BCUT2D eigenvalue weighted by Crippen LogP contribution is 2.27. The molecule has 2 rings (SSSR count). The van der Waals surface area contributed by atoms with Gasteiger partial charge in [0.1, 0.15) is 0 Å². The van der Waals surface area contributed by atoms with E-state index in [0.717, 1.165) is 0 Å². The SMILES string of the molecule is Nc1c(I)cc(Br)c(F)c1F.Nc1ccc(Br)c(F)c1F. The maximum absolute atomic E-state index is 12.7. The van der Waals surface area contributed by atoms with Crippen LogP contribution in [0.5, 0.6) is 0 Å². The van der Waals surface area contributed by atoms with E-state index in [4.69, 9.17) is 11.5 Å². The first kappa shape index (κ1) is 18.5. The summed E-state index contributed by atoms with van der Waals surface area (Å²) in [6.45, 7) is 0. The minimum atomic E-state index is -1.01. The molecule has 2 aromatic carbocycles. The molecule has 21 heavy (non-hydrogen) atoms. The maximum atomic E-state index is 12.7. The lowest BCUT2D eigenvalue weighted by atomic mass is 10.3. The highest BCUT2D eigenvalue weighted by atomic mass is 127. The fourth-order valence-corrected chi connectivity index (χ4v) is 2.81. The third kappa shape index (κ3) is 4.46. The zero-order valence-corrected chi connectivity index (χ0v) is 15.4. The van der Waals surface area contributed by atoms with Crippen molar-refractivity contribution < 1.29 is 17.6 Å². The molecule has 0 aliphatic carbocycles. The molecule has 0 unspecified atom stereocenters. The van der Waals surface area contributed by atoms with E-state index in [2.05, 4.69) is 31.9 Å². The number of anilines is 2. The Kier molecular flexibility index (Phi) is 6.72. The van der Waals surface area contributed by atoms with Crippen LogP contribution in [0.1, 0.15) is 0 Å². The summed E-state index contributed by atoms with van der Waals surface area (Å²) >= 11 is 7.50. The van der Waals surface area contributed by atoms with Crippen LogP contribution in [0.25, 0.3) is 0 Å². The van der Waals surface area contributed by atoms with E-state index in [0.29, 0.717) is 3.57 Å². The number of nitrogen functional groups attached to an aromatic ring is 2. The van der Waals surface area contributed by atoms with Gasteiger partial charge in [-0.2, -0.15) is 0 Å². The minimum Gasteiger partial charge on any atom is -0.396 e. The zero-order chi connectivity index (χ0) is 16.3.